The van der Waals surface area contributed by atoms with Gasteiger partial charge in [0.25, 0.3) is 5.60 Å². The van der Waals surface area contributed by atoms with Gasteiger partial charge in [0.1, 0.15) is 0 Å². The van der Waals surface area contributed by atoms with Gasteiger partial charge in [-0.25, -0.2) is 0 Å². The smallest absolute Gasteiger partial charge is 0.374 e. The van der Waals surface area contributed by atoms with Crippen LogP contribution in [0.2, 0.25) is 10.0 Å². The van der Waals surface area contributed by atoms with Crippen molar-refractivity contribution in [1.82, 2.24) is 5.32 Å². The molecule has 1 unspecified atom stereocenters. The van der Waals surface area contributed by atoms with Gasteiger partial charge in [-0.2, -0.15) is 13.2 Å². The number of benzene rings is 2. The molecule has 1 N–H and O–H groups in total. The van der Waals surface area contributed by atoms with Crippen molar-refractivity contribution >= 4 is 34.8 Å². The lowest BCUT2D eigenvalue weighted by atomic mass is 9.86. The first kappa shape index (κ1) is 21.5. The molecule has 1 atom stereocenters. The highest BCUT2D eigenvalue weighted by Gasteiger charge is 2.62. The Morgan fingerprint density at radius 3 is 2.34 bits per heavy atom. The maximum atomic E-state index is 14.0. The second-order valence-corrected chi connectivity index (χ2v) is 7.49. The van der Waals surface area contributed by atoms with Crippen LogP contribution >= 0.6 is 23.2 Å². The van der Waals surface area contributed by atoms with Gasteiger partial charge in [0.05, 0.1) is 5.71 Å². The van der Waals surface area contributed by atoms with E-state index in [1.54, 1.807) is 31.2 Å². The zero-order valence-electron chi connectivity index (χ0n) is 15.3. The molecule has 3 rings (SSSR count). The molecule has 154 valence electrons. The molecule has 0 fully saturated rings. The molecule has 0 aromatic heterocycles. The minimum Gasteiger partial charge on any atom is -0.374 e. The summed E-state index contributed by atoms with van der Waals surface area (Å²) in [5, 5.41) is 6.61. The third-order valence-corrected chi connectivity index (χ3v) is 5.05. The Bertz CT molecular complexity index is 925. The number of carbonyl (C=O) groups is 1. The van der Waals surface area contributed by atoms with Crippen LogP contribution in [0.25, 0.3) is 0 Å². The van der Waals surface area contributed by atoms with E-state index in [0.29, 0.717) is 18.5 Å². The molecule has 0 saturated carbocycles. The number of oxime groups is 1. The van der Waals surface area contributed by atoms with Crippen LogP contribution in [-0.4, -0.2) is 17.8 Å². The Morgan fingerprint density at radius 2 is 1.79 bits per heavy atom. The molecule has 0 bridgehead atoms. The Hall–Kier alpha value is -2.25. The number of alkyl halides is 3. The predicted molar refractivity (Wildman–Crippen MR) is 105 cm³/mol. The van der Waals surface area contributed by atoms with Crippen LogP contribution in [0.1, 0.15) is 36.5 Å². The molecule has 2 aromatic carbocycles. The summed E-state index contributed by atoms with van der Waals surface area (Å²) in [6.07, 6.45) is -4.88. The van der Waals surface area contributed by atoms with Gasteiger partial charge >= 0.3 is 6.18 Å². The predicted octanol–water partition coefficient (Wildman–Crippen LogP) is 5.60. The van der Waals surface area contributed by atoms with E-state index >= 15 is 0 Å². The number of amides is 1. The van der Waals surface area contributed by atoms with Crippen molar-refractivity contribution in [2.24, 2.45) is 5.16 Å². The van der Waals surface area contributed by atoms with E-state index in [1.165, 1.54) is 18.2 Å². The highest BCUT2D eigenvalue weighted by molar-refractivity contribution is 6.34. The standard InChI is InChI=1S/C20H17Cl2F3N2O2/c1-2-18(28)26-11-12-3-5-13(6-4-12)17-10-19(29-27-17,20(23,24)25)14-7-15(21)9-16(22)8-14/h3-9H,2,10-11H2,1H3,(H,26,28). The Balaban J connectivity index is 1.84. The quantitative estimate of drug-likeness (QED) is 0.652. The minimum atomic E-state index is -4.74. The summed E-state index contributed by atoms with van der Waals surface area (Å²) in [6, 6.07) is 10.4. The van der Waals surface area contributed by atoms with E-state index in [4.69, 9.17) is 28.0 Å². The number of carbonyl (C=O) groups excluding carboxylic acids is 1. The maximum absolute atomic E-state index is 14.0. The average molecular weight is 445 g/mol. The molecule has 0 radical (unpaired) electrons. The molecule has 4 nitrogen and oxygen atoms in total. The van der Waals surface area contributed by atoms with Crippen molar-refractivity contribution in [3.8, 4) is 0 Å². The Kier molecular flexibility index (Phi) is 6.10. The fraction of sp³-hybridized carbons (Fsp3) is 0.300. The van der Waals surface area contributed by atoms with Crippen LogP contribution in [0, 0.1) is 0 Å². The van der Waals surface area contributed by atoms with E-state index in [9.17, 15) is 18.0 Å². The lowest BCUT2D eigenvalue weighted by Crippen LogP contribution is -2.42. The van der Waals surface area contributed by atoms with E-state index < -0.39 is 18.2 Å². The molecule has 1 aliphatic rings. The minimum absolute atomic E-state index is 0.0756. The second kappa shape index (κ2) is 8.24. The molecule has 9 heteroatoms. The van der Waals surface area contributed by atoms with Crippen LogP contribution in [0.4, 0.5) is 13.2 Å². The van der Waals surface area contributed by atoms with Gasteiger partial charge < -0.3 is 10.2 Å². The first-order chi connectivity index (χ1) is 13.6. The summed E-state index contributed by atoms with van der Waals surface area (Å²) in [5.41, 5.74) is -1.40. The number of nitrogens with zero attached hydrogens (tertiary/aromatic N) is 1. The normalized spacial score (nSPS) is 18.9. The molecule has 29 heavy (non-hydrogen) atoms. The topological polar surface area (TPSA) is 50.7 Å². The van der Waals surface area contributed by atoms with Crippen molar-refractivity contribution < 1.29 is 22.8 Å². The van der Waals surface area contributed by atoms with Crippen LogP contribution in [-0.2, 0) is 21.8 Å². The van der Waals surface area contributed by atoms with Gasteiger partial charge in [0.2, 0.25) is 5.91 Å². The van der Waals surface area contributed by atoms with Gasteiger partial charge in [-0.05, 0) is 29.3 Å². The molecule has 1 aliphatic heterocycles. The van der Waals surface area contributed by atoms with Crippen LogP contribution in [0.15, 0.2) is 47.6 Å². The first-order valence-corrected chi connectivity index (χ1v) is 9.54. The van der Waals surface area contributed by atoms with Crippen molar-refractivity contribution in [1.29, 1.82) is 0 Å². The molecule has 1 amide bonds. The fourth-order valence-corrected chi connectivity index (χ4v) is 3.51. The maximum Gasteiger partial charge on any atom is 0.435 e. The van der Waals surface area contributed by atoms with Crippen molar-refractivity contribution in [3.05, 3.63) is 69.2 Å². The summed E-state index contributed by atoms with van der Waals surface area (Å²) in [5.74, 6) is -0.0854. The lowest BCUT2D eigenvalue weighted by molar-refractivity contribution is -0.275. The van der Waals surface area contributed by atoms with Crippen molar-refractivity contribution in [3.63, 3.8) is 0 Å². The molecular weight excluding hydrogens is 428 g/mol. The van der Waals surface area contributed by atoms with Gasteiger partial charge in [0, 0.05) is 35.0 Å². The van der Waals surface area contributed by atoms with E-state index in [-0.39, 0.29) is 27.2 Å². The van der Waals surface area contributed by atoms with Crippen LogP contribution < -0.4 is 5.32 Å². The van der Waals surface area contributed by atoms with E-state index in [1.807, 2.05) is 0 Å². The highest BCUT2D eigenvalue weighted by atomic mass is 35.5. The summed E-state index contributed by atoms with van der Waals surface area (Å²) in [4.78, 5) is 16.3. The monoisotopic (exact) mass is 444 g/mol. The van der Waals surface area contributed by atoms with E-state index in [2.05, 4.69) is 10.5 Å². The highest BCUT2D eigenvalue weighted by Crippen LogP contribution is 2.49. The molecule has 1 heterocycles. The molecule has 0 aliphatic carbocycles. The average Bonchev–Trinajstić information content (AvgIpc) is 3.12. The third kappa shape index (κ3) is 4.51. The fourth-order valence-electron chi connectivity index (χ4n) is 2.99. The summed E-state index contributed by atoms with van der Waals surface area (Å²) in [6.45, 7) is 2.08. The molecule has 0 saturated heterocycles. The van der Waals surface area contributed by atoms with Crippen molar-refractivity contribution in [2.45, 2.75) is 38.1 Å². The van der Waals surface area contributed by atoms with Gasteiger partial charge in [0.15, 0.2) is 0 Å². The summed E-state index contributed by atoms with van der Waals surface area (Å²) < 4.78 is 42.0. The lowest BCUT2D eigenvalue weighted by Gasteiger charge is -2.29. The van der Waals surface area contributed by atoms with E-state index in [0.717, 1.165) is 5.56 Å². The number of rotatable bonds is 5. The van der Waals surface area contributed by atoms with Crippen molar-refractivity contribution in [2.75, 3.05) is 0 Å². The number of hydrogen-bond donors (Lipinski definition) is 1. The zero-order valence-corrected chi connectivity index (χ0v) is 16.8. The second-order valence-electron chi connectivity index (χ2n) is 6.62. The molecule has 0 spiro atoms. The Morgan fingerprint density at radius 1 is 1.17 bits per heavy atom. The largest absolute Gasteiger partial charge is 0.435 e. The van der Waals surface area contributed by atoms with Gasteiger partial charge in [-0.15, -0.1) is 0 Å². The SMILES string of the molecule is CCC(=O)NCc1ccc(C2=NOC(c3cc(Cl)cc(Cl)c3)(C(F)(F)F)C2)cc1. The zero-order chi connectivity index (χ0) is 21.2. The number of nitrogens with one attached hydrogen (secondary N) is 1. The molecule has 2 aromatic rings. The molecular formula is C20H17Cl2F3N2O2. The Labute approximate surface area is 175 Å². The van der Waals surface area contributed by atoms with Crippen LogP contribution in [0.3, 0.4) is 0 Å². The summed E-state index contributed by atoms with van der Waals surface area (Å²) >= 11 is 11.8. The van der Waals surface area contributed by atoms with Gasteiger partial charge in [-0.3, -0.25) is 4.79 Å². The number of halogens is 5. The van der Waals surface area contributed by atoms with Crippen LogP contribution in [0.5, 0.6) is 0 Å². The van der Waals surface area contributed by atoms with Gasteiger partial charge in [-0.1, -0.05) is 59.5 Å². The third-order valence-electron chi connectivity index (χ3n) is 4.61. The first-order valence-electron chi connectivity index (χ1n) is 8.79. The number of hydrogen-bond acceptors (Lipinski definition) is 3. The summed E-state index contributed by atoms with van der Waals surface area (Å²) in [7, 11) is 0.